The summed E-state index contributed by atoms with van der Waals surface area (Å²) in [7, 11) is 0. The van der Waals surface area contributed by atoms with Gasteiger partial charge in [0.1, 0.15) is 6.04 Å². The number of benzene rings is 2. The molecule has 2 aromatic rings. The second-order valence-corrected chi connectivity index (χ2v) is 7.19. The van der Waals surface area contributed by atoms with Crippen LogP contribution in [0.1, 0.15) is 18.5 Å². The second kappa shape index (κ2) is 8.67. The zero-order valence-corrected chi connectivity index (χ0v) is 15.9. The fourth-order valence-corrected chi connectivity index (χ4v) is 3.41. The summed E-state index contributed by atoms with van der Waals surface area (Å²) in [5.41, 5.74) is 1.72. The van der Waals surface area contributed by atoms with Crippen molar-refractivity contribution >= 4 is 23.2 Å². The van der Waals surface area contributed by atoms with E-state index in [0.29, 0.717) is 23.7 Å². The molecule has 1 heterocycles. The number of amides is 1. The zero-order chi connectivity index (χ0) is 19.4. The first-order valence-electron chi connectivity index (χ1n) is 9.00. The van der Waals surface area contributed by atoms with Crippen LogP contribution in [-0.2, 0) is 4.79 Å². The van der Waals surface area contributed by atoms with Crippen LogP contribution in [0.3, 0.4) is 0 Å². The second-order valence-electron chi connectivity index (χ2n) is 6.75. The maximum Gasteiger partial charge on any atom is 0.277 e. The van der Waals surface area contributed by atoms with Crippen molar-refractivity contribution < 1.29 is 18.9 Å². The highest BCUT2D eigenvalue weighted by Gasteiger charge is 2.23. The minimum Gasteiger partial charge on any atom is -0.368 e. The standard InChI is InChI=1S/C20H22ClF2N3O/c1-14(15-5-6-18(22)19(23)11-15)24-13-20(27)26-9-7-25(8-10-26)17-4-2-3-16(21)12-17/h2-6,11-12,14,24H,7-10,13H2,1H3/p+1/t14-/m0/s1. The Kier molecular flexibility index (Phi) is 6.29. The van der Waals surface area contributed by atoms with Gasteiger partial charge in [0.15, 0.2) is 18.2 Å². The molecule has 1 saturated heterocycles. The number of piperazine rings is 1. The van der Waals surface area contributed by atoms with Crippen LogP contribution in [0.15, 0.2) is 42.5 Å². The van der Waals surface area contributed by atoms with Gasteiger partial charge in [0, 0.05) is 42.5 Å². The summed E-state index contributed by atoms with van der Waals surface area (Å²) in [5.74, 6) is -1.68. The normalized spacial score (nSPS) is 15.7. The highest BCUT2D eigenvalue weighted by molar-refractivity contribution is 6.30. The molecule has 7 heteroatoms. The summed E-state index contributed by atoms with van der Waals surface area (Å²) in [4.78, 5) is 16.5. The molecule has 1 aliphatic rings. The van der Waals surface area contributed by atoms with Crippen molar-refractivity contribution in [2.45, 2.75) is 13.0 Å². The van der Waals surface area contributed by atoms with Gasteiger partial charge < -0.3 is 15.1 Å². The number of hydrogen-bond acceptors (Lipinski definition) is 2. The average molecular weight is 395 g/mol. The summed E-state index contributed by atoms with van der Waals surface area (Å²) < 4.78 is 26.4. The molecule has 1 amide bonds. The topological polar surface area (TPSA) is 40.2 Å². The lowest BCUT2D eigenvalue weighted by Gasteiger charge is -2.36. The first kappa shape index (κ1) is 19.6. The van der Waals surface area contributed by atoms with Gasteiger partial charge in [0.05, 0.1) is 0 Å². The first-order valence-corrected chi connectivity index (χ1v) is 9.38. The van der Waals surface area contributed by atoms with Gasteiger partial charge >= 0.3 is 0 Å². The number of hydrogen-bond donors (Lipinski definition) is 1. The number of quaternary nitrogens is 1. The zero-order valence-electron chi connectivity index (χ0n) is 15.2. The average Bonchev–Trinajstić information content (AvgIpc) is 2.68. The molecule has 1 atom stereocenters. The van der Waals surface area contributed by atoms with Crippen LogP contribution in [0.2, 0.25) is 5.02 Å². The summed E-state index contributed by atoms with van der Waals surface area (Å²) in [6.07, 6.45) is 0. The molecule has 144 valence electrons. The minimum atomic E-state index is -0.865. The van der Waals surface area contributed by atoms with Gasteiger partial charge in [-0.25, -0.2) is 8.78 Å². The Morgan fingerprint density at radius 3 is 2.52 bits per heavy atom. The molecular weight excluding hydrogens is 372 g/mol. The van der Waals surface area contributed by atoms with Crippen molar-refractivity contribution in [3.05, 3.63) is 64.7 Å². The molecule has 0 bridgehead atoms. The summed E-state index contributed by atoms with van der Waals surface area (Å²) in [5, 5.41) is 2.55. The number of nitrogens with zero attached hydrogens (tertiary/aromatic N) is 2. The van der Waals surface area contributed by atoms with Crippen LogP contribution in [0.5, 0.6) is 0 Å². The molecule has 2 aromatic carbocycles. The fraction of sp³-hybridized carbons (Fsp3) is 0.350. The highest BCUT2D eigenvalue weighted by Crippen LogP contribution is 2.20. The van der Waals surface area contributed by atoms with Crippen molar-refractivity contribution in [2.75, 3.05) is 37.6 Å². The minimum absolute atomic E-state index is 0.0511. The fourth-order valence-electron chi connectivity index (χ4n) is 3.23. The Balaban J connectivity index is 1.48. The SMILES string of the molecule is C[C@H]([NH2+]CC(=O)N1CCN(c2cccc(Cl)c2)CC1)c1ccc(F)c(F)c1. The monoisotopic (exact) mass is 394 g/mol. The molecule has 2 N–H and O–H groups in total. The summed E-state index contributed by atoms with van der Waals surface area (Å²) in [6.45, 7) is 4.96. The van der Waals surface area contributed by atoms with Crippen molar-refractivity contribution in [3.63, 3.8) is 0 Å². The third-order valence-corrected chi connectivity index (χ3v) is 5.16. The Labute approximate surface area is 162 Å². The van der Waals surface area contributed by atoms with Gasteiger partial charge in [0.25, 0.3) is 5.91 Å². The van der Waals surface area contributed by atoms with E-state index >= 15 is 0 Å². The molecule has 0 aliphatic carbocycles. The maximum absolute atomic E-state index is 13.4. The van der Waals surface area contributed by atoms with Crippen LogP contribution in [-0.4, -0.2) is 43.5 Å². The number of anilines is 1. The van der Waals surface area contributed by atoms with E-state index in [0.717, 1.165) is 24.8 Å². The summed E-state index contributed by atoms with van der Waals surface area (Å²) >= 11 is 6.04. The quantitative estimate of drug-likeness (QED) is 0.846. The number of nitrogens with two attached hydrogens (primary N) is 1. The molecule has 4 nitrogen and oxygen atoms in total. The highest BCUT2D eigenvalue weighted by atomic mass is 35.5. The molecule has 0 spiro atoms. The van der Waals surface area contributed by atoms with E-state index in [1.165, 1.54) is 6.07 Å². The van der Waals surface area contributed by atoms with E-state index in [-0.39, 0.29) is 18.5 Å². The lowest BCUT2D eigenvalue weighted by Crippen LogP contribution is -2.87. The largest absolute Gasteiger partial charge is 0.368 e. The van der Waals surface area contributed by atoms with Crippen molar-refractivity contribution in [2.24, 2.45) is 0 Å². The Bertz CT molecular complexity index is 810. The van der Waals surface area contributed by atoms with Crippen LogP contribution in [0.25, 0.3) is 0 Å². The summed E-state index contributed by atoms with van der Waals surface area (Å²) in [6, 6.07) is 11.4. The van der Waals surface area contributed by atoms with Crippen LogP contribution < -0.4 is 10.2 Å². The third-order valence-electron chi connectivity index (χ3n) is 4.92. The molecule has 3 rings (SSSR count). The number of carbonyl (C=O) groups is 1. The predicted octanol–water partition coefficient (Wildman–Crippen LogP) is 2.59. The Morgan fingerprint density at radius 2 is 1.85 bits per heavy atom. The van der Waals surface area contributed by atoms with Crippen molar-refractivity contribution in [1.82, 2.24) is 4.90 Å². The molecule has 0 unspecified atom stereocenters. The lowest BCUT2D eigenvalue weighted by atomic mass is 10.1. The number of rotatable bonds is 5. The maximum atomic E-state index is 13.4. The molecule has 0 radical (unpaired) electrons. The van der Waals surface area contributed by atoms with Gasteiger partial charge in [-0.1, -0.05) is 17.7 Å². The van der Waals surface area contributed by atoms with Gasteiger partial charge in [-0.2, -0.15) is 0 Å². The number of halogens is 3. The van der Waals surface area contributed by atoms with Crippen molar-refractivity contribution in [1.29, 1.82) is 0 Å². The third kappa shape index (κ3) is 4.96. The molecule has 1 fully saturated rings. The van der Waals surface area contributed by atoms with E-state index in [1.807, 2.05) is 41.4 Å². The van der Waals surface area contributed by atoms with E-state index in [2.05, 4.69) is 4.90 Å². The van der Waals surface area contributed by atoms with Gasteiger partial charge in [0.2, 0.25) is 0 Å². The lowest BCUT2D eigenvalue weighted by molar-refractivity contribution is -0.683. The van der Waals surface area contributed by atoms with E-state index in [9.17, 15) is 13.6 Å². The van der Waals surface area contributed by atoms with Crippen LogP contribution in [0, 0.1) is 11.6 Å². The smallest absolute Gasteiger partial charge is 0.277 e. The Hall–Kier alpha value is -2.18. The van der Waals surface area contributed by atoms with Crippen LogP contribution in [0.4, 0.5) is 14.5 Å². The van der Waals surface area contributed by atoms with E-state index in [1.54, 1.807) is 6.07 Å². The molecular formula is C20H23ClF2N3O+. The Morgan fingerprint density at radius 1 is 1.11 bits per heavy atom. The van der Waals surface area contributed by atoms with Gasteiger partial charge in [-0.05, 0) is 43.3 Å². The van der Waals surface area contributed by atoms with Gasteiger partial charge in [-0.15, -0.1) is 0 Å². The predicted molar refractivity (Wildman–Crippen MR) is 102 cm³/mol. The van der Waals surface area contributed by atoms with Crippen molar-refractivity contribution in [3.8, 4) is 0 Å². The molecule has 0 aromatic heterocycles. The molecule has 0 saturated carbocycles. The van der Waals surface area contributed by atoms with E-state index < -0.39 is 11.6 Å². The van der Waals surface area contributed by atoms with Crippen LogP contribution >= 0.6 is 11.6 Å². The number of carbonyl (C=O) groups excluding carboxylic acids is 1. The molecule has 1 aliphatic heterocycles. The van der Waals surface area contributed by atoms with E-state index in [4.69, 9.17) is 11.6 Å². The van der Waals surface area contributed by atoms with Gasteiger partial charge in [-0.3, -0.25) is 4.79 Å². The first-order chi connectivity index (χ1) is 12.9. The molecule has 27 heavy (non-hydrogen) atoms.